The van der Waals surface area contributed by atoms with Crippen LogP contribution in [0.4, 0.5) is 0 Å². The Morgan fingerprint density at radius 3 is 2.37 bits per heavy atom. The number of rotatable bonds is 9. The van der Waals surface area contributed by atoms with Gasteiger partial charge in [-0.1, -0.05) is 45.0 Å². The molecule has 0 aliphatic rings. The predicted octanol–water partition coefficient (Wildman–Crippen LogP) is 3.96. The second-order valence-corrected chi connectivity index (χ2v) is 5.59. The van der Waals surface area contributed by atoms with Gasteiger partial charge in [0.2, 0.25) is 0 Å². The lowest BCUT2D eigenvalue weighted by molar-refractivity contribution is 0.107. The summed E-state index contributed by atoms with van der Waals surface area (Å²) in [6.07, 6.45) is 2.18. The van der Waals surface area contributed by atoms with Crippen molar-refractivity contribution in [1.82, 2.24) is 5.32 Å². The van der Waals surface area contributed by atoms with Crippen molar-refractivity contribution < 1.29 is 4.74 Å². The zero-order valence-electron chi connectivity index (χ0n) is 12.9. The van der Waals surface area contributed by atoms with E-state index in [1.54, 1.807) is 0 Å². The van der Waals surface area contributed by atoms with Gasteiger partial charge in [0.1, 0.15) is 0 Å². The van der Waals surface area contributed by atoms with E-state index in [1.165, 1.54) is 11.1 Å². The molecule has 2 nitrogen and oxygen atoms in total. The smallest absolute Gasteiger partial charge is 0.0489 e. The molecule has 1 aromatic carbocycles. The van der Waals surface area contributed by atoms with E-state index in [0.717, 1.165) is 32.6 Å². The van der Waals surface area contributed by atoms with Crippen molar-refractivity contribution in [2.75, 3.05) is 19.8 Å². The largest absolute Gasteiger partial charge is 0.381 e. The molecule has 0 aliphatic heterocycles. The molecule has 1 rings (SSSR count). The summed E-state index contributed by atoms with van der Waals surface area (Å²) in [5.41, 5.74) is 2.76. The molecule has 108 valence electrons. The van der Waals surface area contributed by atoms with Gasteiger partial charge in [-0.05, 0) is 43.4 Å². The van der Waals surface area contributed by atoms with E-state index < -0.39 is 0 Å². The first-order valence-corrected chi connectivity index (χ1v) is 7.53. The fourth-order valence-electron chi connectivity index (χ4n) is 1.97. The van der Waals surface area contributed by atoms with E-state index >= 15 is 0 Å². The molecule has 1 N–H and O–H groups in total. The van der Waals surface area contributed by atoms with Crippen molar-refractivity contribution in [2.24, 2.45) is 5.92 Å². The highest BCUT2D eigenvalue weighted by Gasteiger charge is 2.03. The molecule has 0 fully saturated rings. The van der Waals surface area contributed by atoms with Gasteiger partial charge in [-0.15, -0.1) is 0 Å². The van der Waals surface area contributed by atoms with E-state index in [-0.39, 0.29) is 0 Å². The predicted molar refractivity (Wildman–Crippen MR) is 82.5 cm³/mol. The van der Waals surface area contributed by atoms with Gasteiger partial charge in [0.25, 0.3) is 0 Å². The first kappa shape index (κ1) is 16.2. The van der Waals surface area contributed by atoms with Gasteiger partial charge in [-0.2, -0.15) is 0 Å². The third-order valence-corrected chi connectivity index (χ3v) is 3.26. The number of nitrogens with one attached hydrogen (secondary N) is 1. The minimum absolute atomic E-state index is 0.413. The first-order valence-electron chi connectivity index (χ1n) is 7.53. The lowest BCUT2D eigenvalue weighted by atomic mass is 10.1. The Morgan fingerprint density at radius 1 is 1.11 bits per heavy atom. The molecule has 0 spiro atoms. The van der Waals surface area contributed by atoms with Gasteiger partial charge in [0.15, 0.2) is 0 Å². The Balaban J connectivity index is 2.17. The highest BCUT2D eigenvalue weighted by Crippen LogP contribution is 2.13. The van der Waals surface area contributed by atoms with Crippen LogP contribution in [0.1, 0.15) is 51.3 Å². The molecule has 0 aliphatic carbocycles. The molecule has 1 atom stereocenters. The first-order chi connectivity index (χ1) is 9.13. The third kappa shape index (κ3) is 6.74. The van der Waals surface area contributed by atoms with Gasteiger partial charge in [0, 0.05) is 19.3 Å². The second kappa shape index (κ2) is 9.11. The van der Waals surface area contributed by atoms with Gasteiger partial charge >= 0.3 is 0 Å². The second-order valence-electron chi connectivity index (χ2n) is 5.59. The summed E-state index contributed by atoms with van der Waals surface area (Å²) in [5, 5.41) is 3.54. The molecular formula is C17H29NO. The van der Waals surface area contributed by atoms with Crippen LogP contribution in [-0.4, -0.2) is 19.8 Å². The van der Waals surface area contributed by atoms with Crippen LogP contribution in [-0.2, 0) is 11.2 Å². The fourth-order valence-corrected chi connectivity index (χ4v) is 1.97. The number of aryl methyl sites for hydroxylation is 1. The van der Waals surface area contributed by atoms with Crippen molar-refractivity contribution in [3.05, 3.63) is 35.4 Å². The van der Waals surface area contributed by atoms with Crippen LogP contribution in [0.15, 0.2) is 24.3 Å². The quantitative estimate of drug-likeness (QED) is 0.681. The third-order valence-electron chi connectivity index (χ3n) is 3.26. The van der Waals surface area contributed by atoms with E-state index in [2.05, 4.69) is 57.3 Å². The van der Waals surface area contributed by atoms with Crippen molar-refractivity contribution in [1.29, 1.82) is 0 Å². The maximum atomic E-state index is 5.57. The summed E-state index contributed by atoms with van der Waals surface area (Å²) in [7, 11) is 0. The molecule has 19 heavy (non-hydrogen) atoms. The minimum Gasteiger partial charge on any atom is -0.381 e. The monoisotopic (exact) mass is 263 g/mol. The van der Waals surface area contributed by atoms with Gasteiger partial charge in [0.05, 0.1) is 0 Å². The summed E-state index contributed by atoms with van der Waals surface area (Å²) >= 11 is 0. The molecular weight excluding hydrogens is 234 g/mol. The Bertz CT molecular complexity index is 332. The molecule has 0 heterocycles. The maximum Gasteiger partial charge on any atom is 0.0489 e. The molecule has 0 saturated carbocycles. The van der Waals surface area contributed by atoms with E-state index in [0.29, 0.717) is 12.0 Å². The van der Waals surface area contributed by atoms with Gasteiger partial charge in [-0.25, -0.2) is 0 Å². The Hall–Kier alpha value is -0.860. The highest BCUT2D eigenvalue weighted by molar-refractivity contribution is 5.24. The van der Waals surface area contributed by atoms with Crippen molar-refractivity contribution >= 4 is 0 Å². The molecule has 1 unspecified atom stereocenters. The zero-order valence-corrected chi connectivity index (χ0v) is 12.9. The van der Waals surface area contributed by atoms with Crippen molar-refractivity contribution in [3.8, 4) is 0 Å². The molecule has 0 amide bonds. The Labute approximate surface area is 118 Å². The number of hydrogen-bond donors (Lipinski definition) is 1. The van der Waals surface area contributed by atoms with Gasteiger partial charge in [-0.3, -0.25) is 0 Å². The molecule has 1 aromatic rings. The summed E-state index contributed by atoms with van der Waals surface area (Å²) in [6.45, 7) is 11.5. The SMILES string of the molecule is CCc1ccc(C(C)NCCCOCC(C)C)cc1. The van der Waals surface area contributed by atoms with Crippen LogP contribution in [0.2, 0.25) is 0 Å². The molecule has 0 saturated heterocycles. The van der Waals surface area contributed by atoms with Crippen LogP contribution >= 0.6 is 0 Å². The number of ether oxygens (including phenoxy) is 1. The average Bonchev–Trinajstić information content (AvgIpc) is 2.42. The topological polar surface area (TPSA) is 21.3 Å². The van der Waals surface area contributed by atoms with E-state index in [1.807, 2.05) is 0 Å². The van der Waals surface area contributed by atoms with Crippen LogP contribution < -0.4 is 5.32 Å². The molecule has 0 bridgehead atoms. The van der Waals surface area contributed by atoms with Gasteiger partial charge < -0.3 is 10.1 Å². The van der Waals surface area contributed by atoms with Crippen LogP contribution in [0.5, 0.6) is 0 Å². The summed E-state index contributed by atoms with van der Waals surface area (Å²) in [6, 6.07) is 9.31. The molecule has 0 radical (unpaired) electrons. The van der Waals surface area contributed by atoms with Crippen LogP contribution in [0.3, 0.4) is 0 Å². The molecule has 2 heteroatoms. The highest BCUT2D eigenvalue weighted by atomic mass is 16.5. The summed E-state index contributed by atoms with van der Waals surface area (Å²) < 4.78 is 5.57. The summed E-state index contributed by atoms with van der Waals surface area (Å²) in [5.74, 6) is 0.629. The lowest BCUT2D eigenvalue weighted by Crippen LogP contribution is -2.21. The standard InChI is InChI=1S/C17H29NO/c1-5-16-7-9-17(10-8-16)15(4)18-11-6-12-19-13-14(2)3/h7-10,14-15,18H,5-6,11-13H2,1-4H3. The summed E-state index contributed by atoms with van der Waals surface area (Å²) in [4.78, 5) is 0. The van der Waals surface area contributed by atoms with Crippen molar-refractivity contribution in [2.45, 2.75) is 46.6 Å². The van der Waals surface area contributed by atoms with Crippen LogP contribution in [0.25, 0.3) is 0 Å². The zero-order chi connectivity index (χ0) is 14.1. The Kier molecular flexibility index (Phi) is 7.76. The molecule has 0 aromatic heterocycles. The average molecular weight is 263 g/mol. The Morgan fingerprint density at radius 2 is 1.79 bits per heavy atom. The lowest BCUT2D eigenvalue weighted by Gasteiger charge is -2.15. The normalized spacial score (nSPS) is 12.9. The number of benzene rings is 1. The number of hydrogen-bond acceptors (Lipinski definition) is 2. The van der Waals surface area contributed by atoms with E-state index in [4.69, 9.17) is 4.74 Å². The fraction of sp³-hybridized carbons (Fsp3) is 0.647. The van der Waals surface area contributed by atoms with Crippen molar-refractivity contribution in [3.63, 3.8) is 0 Å². The minimum atomic E-state index is 0.413. The van der Waals surface area contributed by atoms with Crippen LogP contribution in [0, 0.1) is 5.92 Å². The van der Waals surface area contributed by atoms with E-state index in [9.17, 15) is 0 Å². The maximum absolute atomic E-state index is 5.57.